The molecule has 0 saturated carbocycles. The molecule has 0 amide bonds. The summed E-state index contributed by atoms with van der Waals surface area (Å²) in [5.74, 6) is -0.248. The number of thiazole rings is 1. The Hall–Kier alpha value is -2.50. The van der Waals surface area contributed by atoms with Crippen molar-refractivity contribution in [3.8, 4) is 32.3 Å². The van der Waals surface area contributed by atoms with Crippen LogP contribution in [-0.2, 0) is 0 Å². The molecule has 4 aromatic rings. The van der Waals surface area contributed by atoms with Crippen LogP contribution in [-0.4, -0.2) is 16.2 Å². The van der Waals surface area contributed by atoms with Gasteiger partial charge in [0.25, 0.3) is 0 Å². The molecule has 0 spiro atoms. The fourth-order valence-electron chi connectivity index (χ4n) is 2.68. The molecule has 0 atom stereocenters. The first kappa shape index (κ1) is 16.9. The summed E-state index contributed by atoms with van der Waals surface area (Å²) in [6.45, 7) is 0. The zero-order valence-electron chi connectivity index (χ0n) is 14.0. The van der Waals surface area contributed by atoms with Crippen molar-refractivity contribution < 1.29 is 4.39 Å². The summed E-state index contributed by atoms with van der Waals surface area (Å²) in [4.78, 5) is 11.3. The van der Waals surface area contributed by atoms with Crippen LogP contribution < -0.4 is 0 Å². The van der Waals surface area contributed by atoms with E-state index in [4.69, 9.17) is 4.98 Å². The van der Waals surface area contributed by atoms with Gasteiger partial charge >= 0.3 is 0 Å². The number of nitrogens with zero attached hydrogens (tertiary/aromatic N) is 2. The van der Waals surface area contributed by atoms with E-state index in [1.807, 2.05) is 12.1 Å². The Morgan fingerprint density at radius 1 is 0.808 bits per heavy atom. The van der Waals surface area contributed by atoms with Gasteiger partial charge in [-0.05, 0) is 60.4 Å². The molecule has 26 heavy (non-hydrogen) atoms. The summed E-state index contributed by atoms with van der Waals surface area (Å²) in [6.07, 6.45) is 5.61. The smallest absolute Gasteiger partial charge is 0.124 e. The fraction of sp³-hybridized carbons (Fsp3) is 0.0476. The molecular weight excluding hydrogens is 363 g/mol. The number of benzene rings is 2. The zero-order valence-corrected chi connectivity index (χ0v) is 15.7. The number of pyridine rings is 1. The molecule has 2 heterocycles. The van der Waals surface area contributed by atoms with E-state index in [0.717, 1.165) is 32.3 Å². The lowest BCUT2D eigenvalue weighted by Gasteiger charge is -2.02. The molecule has 0 saturated heterocycles. The van der Waals surface area contributed by atoms with E-state index in [-0.39, 0.29) is 5.82 Å². The lowest BCUT2D eigenvalue weighted by Crippen LogP contribution is -1.84. The topological polar surface area (TPSA) is 25.8 Å². The van der Waals surface area contributed by atoms with Gasteiger partial charge in [-0.1, -0.05) is 12.1 Å². The van der Waals surface area contributed by atoms with Gasteiger partial charge in [-0.3, -0.25) is 4.98 Å². The molecule has 5 heteroatoms. The number of thioether (sulfide) groups is 1. The Labute approximate surface area is 159 Å². The zero-order chi connectivity index (χ0) is 17.9. The summed E-state index contributed by atoms with van der Waals surface area (Å²) in [6, 6.07) is 18.8. The molecule has 0 aliphatic carbocycles. The molecule has 4 rings (SSSR count). The van der Waals surface area contributed by atoms with Gasteiger partial charge in [0.15, 0.2) is 0 Å². The first-order valence-corrected chi connectivity index (χ1v) is 10.1. The number of halogens is 1. The standard InChI is InChI=1S/C21H15FN2S2/c1-25-18-8-4-16(5-9-18)21-24-19(14-2-6-17(22)7-3-14)20(26-21)15-10-12-23-13-11-15/h2-13H,1H3. The van der Waals surface area contributed by atoms with Crippen molar-refractivity contribution in [1.82, 2.24) is 9.97 Å². The van der Waals surface area contributed by atoms with Crippen LogP contribution in [0.25, 0.3) is 32.3 Å². The molecule has 0 N–H and O–H groups in total. The first-order valence-electron chi connectivity index (χ1n) is 8.06. The predicted molar refractivity (Wildman–Crippen MR) is 108 cm³/mol. The lowest BCUT2D eigenvalue weighted by molar-refractivity contribution is 0.628. The van der Waals surface area contributed by atoms with Crippen molar-refractivity contribution in [3.63, 3.8) is 0 Å². The quantitative estimate of drug-likeness (QED) is 0.384. The SMILES string of the molecule is CSc1ccc(-c2nc(-c3ccc(F)cc3)c(-c3ccncc3)s2)cc1. The van der Waals surface area contributed by atoms with Crippen molar-refractivity contribution in [2.24, 2.45) is 0 Å². The second-order valence-corrected chi connectivity index (χ2v) is 7.55. The minimum Gasteiger partial charge on any atom is -0.265 e. The van der Waals surface area contributed by atoms with Gasteiger partial charge < -0.3 is 0 Å². The van der Waals surface area contributed by atoms with E-state index >= 15 is 0 Å². The van der Waals surface area contributed by atoms with Gasteiger partial charge in [-0.15, -0.1) is 23.1 Å². The Morgan fingerprint density at radius 2 is 1.46 bits per heavy atom. The van der Waals surface area contributed by atoms with Gasteiger partial charge in [0, 0.05) is 28.4 Å². The molecule has 2 nitrogen and oxygen atoms in total. The normalized spacial score (nSPS) is 10.8. The monoisotopic (exact) mass is 378 g/mol. The average molecular weight is 378 g/mol. The van der Waals surface area contributed by atoms with E-state index in [2.05, 4.69) is 35.5 Å². The lowest BCUT2D eigenvalue weighted by atomic mass is 10.1. The van der Waals surface area contributed by atoms with Gasteiger partial charge in [0.1, 0.15) is 10.8 Å². The molecular formula is C21H15FN2S2. The number of rotatable bonds is 4. The molecule has 0 radical (unpaired) electrons. The summed E-state index contributed by atoms with van der Waals surface area (Å²) in [7, 11) is 0. The van der Waals surface area contributed by atoms with Crippen LogP contribution >= 0.6 is 23.1 Å². The van der Waals surface area contributed by atoms with E-state index < -0.39 is 0 Å². The molecule has 0 unspecified atom stereocenters. The summed E-state index contributed by atoms with van der Waals surface area (Å²) in [5.41, 5.74) is 3.91. The van der Waals surface area contributed by atoms with Crippen molar-refractivity contribution in [2.75, 3.05) is 6.26 Å². The van der Waals surface area contributed by atoms with Gasteiger partial charge in [-0.25, -0.2) is 9.37 Å². The third kappa shape index (κ3) is 3.41. The number of aromatic nitrogens is 2. The van der Waals surface area contributed by atoms with Gasteiger partial charge in [0.2, 0.25) is 0 Å². The first-order chi connectivity index (χ1) is 12.7. The van der Waals surface area contributed by atoms with Crippen LogP contribution in [0, 0.1) is 5.82 Å². The van der Waals surface area contributed by atoms with Crippen LogP contribution in [0.4, 0.5) is 4.39 Å². The third-order valence-corrected chi connectivity index (χ3v) is 5.92. The Bertz CT molecular complexity index is 1010. The number of hydrogen-bond donors (Lipinski definition) is 0. The van der Waals surface area contributed by atoms with Gasteiger partial charge in [0.05, 0.1) is 10.6 Å². The van der Waals surface area contributed by atoms with Crippen LogP contribution in [0.5, 0.6) is 0 Å². The fourth-order valence-corrected chi connectivity index (χ4v) is 4.19. The maximum Gasteiger partial charge on any atom is 0.124 e. The van der Waals surface area contributed by atoms with E-state index in [1.54, 1.807) is 47.6 Å². The molecule has 0 aliphatic rings. The Balaban J connectivity index is 1.85. The average Bonchev–Trinajstić information content (AvgIpc) is 3.15. The summed E-state index contributed by atoms with van der Waals surface area (Å²) >= 11 is 3.36. The predicted octanol–water partition coefficient (Wildman–Crippen LogP) is 6.40. The maximum absolute atomic E-state index is 13.3. The number of hydrogen-bond acceptors (Lipinski definition) is 4. The largest absolute Gasteiger partial charge is 0.265 e. The molecule has 2 aromatic heterocycles. The van der Waals surface area contributed by atoms with E-state index in [1.165, 1.54) is 17.0 Å². The second kappa shape index (κ2) is 7.40. The van der Waals surface area contributed by atoms with E-state index in [9.17, 15) is 4.39 Å². The van der Waals surface area contributed by atoms with Crippen LogP contribution in [0.2, 0.25) is 0 Å². The highest BCUT2D eigenvalue weighted by Gasteiger charge is 2.16. The van der Waals surface area contributed by atoms with E-state index in [0.29, 0.717) is 0 Å². The highest BCUT2D eigenvalue weighted by Crippen LogP contribution is 2.40. The summed E-state index contributed by atoms with van der Waals surface area (Å²) in [5, 5.41) is 0.948. The van der Waals surface area contributed by atoms with Crippen LogP contribution in [0.1, 0.15) is 0 Å². The maximum atomic E-state index is 13.3. The van der Waals surface area contributed by atoms with Crippen molar-refractivity contribution in [1.29, 1.82) is 0 Å². The Kier molecular flexibility index (Phi) is 4.82. The molecule has 0 fully saturated rings. The van der Waals surface area contributed by atoms with Gasteiger partial charge in [-0.2, -0.15) is 0 Å². The highest BCUT2D eigenvalue weighted by molar-refractivity contribution is 7.98. The van der Waals surface area contributed by atoms with Crippen LogP contribution in [0.3, 0.4) is 0 Å². The molecule has 0 bridgehead atoms. The third-order valence-electron chi connectivity index (χ3n) is 4.02. The highest BCUT2D eigenvalue weighted by atomic mass is 32.2. The van der Waals surface area contributed by atoms with Crippen LogP contribution in [0.15, 0.2) is 78.0 Å². The molecule has 0 aliphatic heterocycles. The van der Waals surface area contributed by atoms with Crippen molar-refractivity contribution in [2.45, 2.75) is 4.90 Å². The van der Waals surface area contributed by atoms with Crippen molar-refractivity contribution in [3.05, 3.63) is 78.9 Å². The molecule has 128 valence electrons. The molecule has 2 aromatic carbocycles. The Morgan fingerprint density at radius 3 is 2.12 bits per heavy atom. The summed E-state index contributed by atoms with van der Waals surface area (Å²) < 4.78 is 13.3. The minimum absolute atomic E-state index is 0.248. The second-order valence-electron chi connectivity index (χ2n) is 5.67. The van der Waals surface area contributed by atoms with Crippen molar-refractivity contribution >= 4 is 23.1 Å². The minimum atomic E-state index is -0.248.